The highest BCUT2D eigenvalue weighted by Gasteiger charge is 2.36. The Morgan fingerprint density at radius 1 is 1.35 bits per heavy atom. The molecule has 0 bridgehead atoms. The summed E-state index contributed by atoms with van der Waals surface area (Å²) in [6.07, 6.45) is 6.44. The number of hydrogen-bond donors (Lipinski definition) is 1. The number of rotatable bonds is 7. The standard InChI is InChI=1S/C17H30N2O3Si/c1-16(2,3)23(6,7)22-13-9-8-10-14-11-12-19(18-14)17(4,5)15(20)21/h8,10-12H,9,13H2,1-7H3,(H,20,21)/b10-8+. The van der Waals surface area contributed by atoms with Crippen molar-refractivity contribution < 1.29 is 14.3 Å². The summed E-state index contributed by atoms with van der Waals surface area (Å²) in [6, 6.07) is 1.82. The maximum atomic E-state index is 11.2. The van der Waals surface area contributed by atoms with E-state index in [1.165, 1.54) is 4.68 Å². The lowest BCUT2D eigenvalue weighted by Gasteiger charge is -2.36. The molecule has 0 saturated heterocycles. The molecule has 1 aromatic rings. The van der Waals surface area contributed by atoms with Crippen molar-refractivity contribution >= 4 is 20.4 Å². The maximum absolute atomic E-state index is 11.2. The van der Waals surface area contributed by atoms with E-state index < -0.39 is 19.8 Å². The predicted molar refractivity (Wildman–Crippen MR) is 96.0 cm³/mol. The van der Waals surface area contributed by atoms with Crippen LogP contribution in [0.1, 0.15) is 46.7 Å². The number of hydrogen-bond acceptors (Lipinski definition) is 3. The van der Waals surface area contributed by atoms with Gasteiger partial charge in [-0.2, -0.15) is 5.10 Å². The summed E-state index contributed by atoms with van der Waals surface area (Å²) in [5.41, 5.74) is -0.288. The molecule has 0 amide bonds. The Kier molecular flexibility index (Phi) is 5.98. The number of aliphatic carboxylic acids is 1. The van der Waals surface area contributed by atoms with Gasteiger partial charge in [-0.05, 0) is 50.5 Å². The van der Waals surface area contributed by atoms with E-state index in [4.69, 9.17) is 4.43 Å². The van der Waals surface area contributed by atoms with E-state index in [9.17, 15) is 9.90 Å². The van der Waals surface area contributed by atoms with Crippen LogP contribution in [-0.2, 0) is 14.8 Å². The first-order chi connectivity index (χ1) is 10.4. The third-order valence-electron chi connectivity index (χ3n) is 4.55. The molecule has 1 N–H and O–H groups in total. The largest absolute Gasteiger partial charge is 0.479 e. The summed E-state index contributed by atoms with van der Waals surface area (Å²) < 4.78 is 7.58. The van der Waals surface area contributed by atoms with Crippen LogP contribution >= 0.6 is 0 Å². The molecule has 0 fully saturated rings. The molecule has 0 saturated carbocycles. The van der Waals surface area contributed by atoms with Gasteiger partial charge in [0.05, 0.1) is 5.69 Å². The minimum Gasteiger partial charge on any atom is -0.479 e. The maximum Gasteiger partial charge on any atom is 0.331 e. The normalized spacial score (nSPS) is 13.7. The lowest BCUT2D eigenvalue weighted by atomic mass is 10.1. The van der Waals surface area contributed by atoms with Crippen molar-refractivity contribution in [2.75, 3.05) is 6.61 Å². The van der Waals surface area contributed by atoms with Crippen molar-refractivity contribution in [1.29, 1.82) is 0 Å². The zero-order valence-electron chi connectivity index (χ0n) is 15.4. The molecule has 23 heavy (non-hydrogen) atoms. The van der Waals surface area contributed by atoms with Crippen LogP contribution in [0.2, 0.25) is 18.1 Å². The Balaban J connectivity index is 2.55. The van der Waals surface area contributed by atoms with Gasteiger partial charge in [-0.15, -0.1) is 0 Å². The smallest absolute Gasteiger partial charge is 0.331 e. The number of carbonyl (C=O) groups is 1. The van der Waals surface area contributed by atoms with Crippen molar-refractivity contribution in [3.8, 4) is 0 Å². The second-order valence-electron chi connectivity index (χ2n) is 7.85. The summed E-state index contributed by atoms with van der Waals surface area (Å²) in [7, 11) is -1.69. The van der Waals surface area contributed by atoms with Crippen LogP contribution in [0.5, 0.6) is 0 Å². The van der Waals surface area contributed by atoms with Crippen LogP contribution in [-0.4, -0.2) is 35.8 Å². The zero-order chi connectivity index (χ0) is 17.9. The predicted octanol–water partition coefficient (Wildman–Crippen LogP) is 4.13. The third kappa shape index (κ3) is 5.04. The van der Waals surface area contributed by atoms with E-state index in [0.29, 0.717) is 6.61 Å². The average Bonchev–Trinajstić information content (AvgIpc) is 2.86. The third-order valence-corrected chi connectivity index (χ3v) is 9.09. The Labute approximate surface area is 140 Å². The van der Waals surface area contributed by atoms with E-state index in [1.54, 1.807) is 20.0 Å². The van der Waals surface area contributed by atoms with Gasteiger partial charge >= 0.3 is 5.97 Å². The Morgan fingerprint density at radius 3 is 2.48 bits per heavy atom. The zero-order valence-corrected chi connectivity index (χ0v) is 16.4. The molecule has 1 heterocycles. The van der Waals surface area contributed by atoms with Gasteiger partial charge < -0.3 is 9.53 Å². The fourth-order valence-corrected chi connectivity index (χ4v) is 2.70. The molecule has 0 aliphatic carbocycles. The molecule has 130 valence electrons. The SMILES string of the molecule is CC(C)(C(=O)O)n1ccc(/C=C/CCO[Si](C)(C)C(C)(C)C)n1. The fraction of sp³-hybridized carbons (Fsp3) is 0.647. The van der Waals surface area contributed by atoms with Gasteiger partial charge in [0.25, 0.3) is 0 Å². The average molecular weight is 339 g/mol. The van der Waals surface area contributed by atoms with E-state index in [2.05, 4.69) is 39.0 Å². The summed E-state index contributed by atoms with van der Waals surface area (Å²) in [4.78, 5) is 11.2. The van der Waals surface area contributed by atoms with Gasteiger partial charge in [-0.25, -0.2) is 4.79 Å². The lowest BCUT2D eigenvalue weighted by Crippen LogP contribution is -2.40. The molecule has 1 aromatic heterocycles. The van der Waals surface area contributed by atoms with E-state index in [0.717, 1.165) is 12.1 Å². The highest BCUT2D eigenvalue weighted by atomic mass is 28.4. The first-order valence-corrected chi connectivity index (χ1v) is 10.9. The van der Waals surface area contributed by atoms with Crippen molar-refractivity contribution in [1.82, 2.24) is 9.78 Å². The summed E-state index contributed by atoms with van der Waals surface area (Å²) in [5.74, 6) is -0.904. The molecule has 6 heteroatoms. The Bertz CT molecular complexity index is 569. The van der Waals surface area contributed by atoms with Crippen LogP contribution in [0.25, 0.3) is 6.08 Å². The number of nitrogens with zero attached hydrogens (tertiary/aromatic N) is 2. The minimum absolute atomic E-state index is 0.220. The van der Waals surface area contributed by atoms with Crippen LogP contribution < -0.4 is 0 Å². The molecule has 0 aliphatic heterocycles. The van der Waals surface area contributed by atoms with Gasteiger partial charge in [0, 0.05) is 12.8 Å². The monoisotopic (exact) mass is 338 g/mol. The van der Waals surface area contributed by atoms with E-state index in [1.807, 2.05) is 18.2 Å². The van der Waals surface area contributed by atoms with Gasteiger partial charge in [0.15, 0.2) is 13.9 Å². The van der Waals surface area contributed by atoms with Crippen LogP contribution in [0, 0.1) is 0 Å². The van der Waals surface area contributed by atoms with Crippen molar-refractivity contribution in [2.24, 2.45) is 0 Å². The summed E-state index contributed by atoms with van der Waals surface area (Å²) in [6.45, 7) is 15.1. The Hall–Kier alpha value is -1.40. The molecule has 5 nitrogen and oxygen atoms in total. The van der Waals surface area contributed by atoms with E-state index in [-0.39, 0.29) is 5.04 Å². The van der Waals surface area contributed by atoms with Gasteiger partial charge in [0.2, 0.25) is 0 Å². The highest BCUT2D eigenvalue weighted by molar-refractivity contribution is 6.74. The number of aromatic nitrogens is 2. The molecule has 0 atom stereocenters. The van der Waals surface area contributed by atoms with Crippen LogP contribution in [0.15, 0.2) is 18.3 Å². The molecule has 1 rings (SSSR count). The van der Waals surface area contributed by atoms with E-state index >= 15 is 0 Å². The number of carboxylic acids is 1. The van der Waals surface area contributed by atoms with Crippen molar-refractivity contribution in [2.45, 2.75) is 64.7 Å². The first kappa shape index (κ1) is 19.6. The molecular formula is C17H30N2O3Si. The van der Waals surface area contributed by atoms with Crippen molar-refractivity contribution in [3.63, 3.8) is 0 Å². The lowest BCUT2D eigenvalue weighted by molar-refractivity contribution is -0.146. The molecular weight excluding hydrogens is 308 g/mol. The molecule has 0 spiro atoms. The van der Waals surface area contributed by atoms with Gasteiger partial charge in [-0.3, -0.25) is 4.68 Å². The minimum atomic E-state index is -1.69. The second-order valence-corrected chi connectivity index (χ2v) is 12.7. The van der Waals surface area contributed by atoms with Crippen LogP contribution in [0.4, 0.5) is 0 Å². The molecule has 0 radical (unpaired) electrons. The quantitative estimate of drug-likeness (QED) is 0.600. The van der Waals surface area contributed by atoms with Crippen LogP contribution in [0.3, 0.4) is 0 Å². The highest BCUT2D eigenvalue weighted by Crippen LogP contribution is 2.36. The molecule has 0 aliphatic rings. The summed E-state index contributed by atoms with van der Waals surface area (Å²) in [5, 5.41) is 13.7. The summed E-state index contributed by atoms with van der Waals surface area (Å²) >= 11 is 0. The second kappa shape index (κ2) is 7.01. The molecule has 0 aromatic carbocycles. The Morgan fingerprint density at radius 2 is 1.96 bits per heavy atom. The molecule has 0 unspecified atom stereocenters. The van der Waals surface area contributed by atoms with Gasteiger partial charge in [0.1, 0.15) is 0 Å². The first-order valence-electron chi connectivity index (χ1n) is 7.98. The van der Waals surface area contributed by atoms with Crippen molar-refractivity contribution in [3.05, 3.63) is 24.0 Å². The van der Waals surface area contributed by atoms with Gasteiger partial charge in [-0.1, -0.05) is 26.8 Å². The fourth-order valence-electron chi connectivity index (χ4n) is 1.64. The topological polar surface area (TPSA) is 64.3 Å². The number of carboxylic acid groups (broad SMARTS) is 1.